The third-order valence-corrected chi connectivity index (χ3v) is 4.76. The van der Waals surface area contributed by atoms with Crippen LogP contribution in [-0.4, -0.2) is 29.3 Å². The molecule has 1 aromatic heterocycles. The van der Waals surface area contributed by atoms with Crippen LogP contribution < -0.4 is 10.6 Å². The maximum absolute atomic E-state index is 12.7. The van der Waals surface area contributed by atoms with Crippen molar-refractivity contribution in [3.63, 3.8) is 0 Å². The molecule has 0 spiro atoms. The van der Waals surface area contributed by atoms with Crippen LogP contribution in [0.4, 0.5) is 10.5 Å². The smallest absolute Gasteiger partial charge is 0.325 e. The highest BCUT2D eigenvalue weighted by Crippen LogP contribution is 2.30. The van der Waals surface area contributed by atoms with E-state index >= 15 is 0 Å². The molecule has 2 heterocycles. The summed E-state index contributed by atoms with van der Waals surface area (Å²) in [5.41, 5.74) is -0.105. The second-order valence-corrected chi connectivity index (χ2v) is 6.72. The van der Waals surface area contributed by atoms with Crippen molar-refractivity contribution in [2.45, 2.75) is 26.3 Å². The van der Waals surface area contributed by atoms with E-state index in [-0.39, 0.29) is 0 Å². The number of hydrogen-bond donors (Lipinski definition) is 2. The summed E-state index contributed by atoms with van der Waals surface area (Å²) in [7, 11) is 0. The molecular formula is C18H18ClN3O4. The zero-order chi connectivity index (χ0) is 19.1. The number of amides is 4. The monoisotopic (exact) mass is 375 g/mol. The van der Waals surface area contributed by atoms with E-state index < -0.39 is 29.9 Å². The van der Waals surface area contributed by atoms with Gasteiger partial charge in [-0.05, 0) is 50.6 Å². The van der Waals surface area contributed by atoms with Crippen molar-refractivity contribution in [1.82, 2.24) is 10.2 Å². The normalized spacial score (nSPS) is 19.6. The van der Waals surface area contributed by atoms with Crippen molar-refractivity contribution in [3.8, 4) is 0 Å². The van der Waals surface area contributed by atoms with Crippen LogP contribution in [-0.2, 0) is 15.1 Å². The number of halogens is 1. The molecule has 136 valence electrons. The summed E-state index contributed by atoms with van der Waals surface area (Å²) in [5, 5.41) is 5.77. The Morgan fingerprint density at radius 2 is 2.00 bits per heavy atom. The Labute approximate surface area is 155 Å². The fourth-order valence-electron chi connectivity index (χ4n) is 2.79. The molecule has 4 amide bonds. The second kappa shape index (κ2) is 6.49. The van der Waals surface area contributed by atoms with E-state index in [4.69, 9.17) is 16.0 Å². The third-order valence-electron chi connectivity index (χ3n) is 4.35. The maximum atomic E-state index is 12.7. The summed E-state index contributed by atoms with van der Waals surface area (Å²) in [6.45, 7) is 4.64. The zero-order valence-corrected chi connectivity index (χ0v) is 15.3. The van der Waals surface area contributed by atoms with Gasteiger partial charge >= 0.3 is 6.03 Å². The Morgan fingerprint density at radius 1 is 1.27 bits per heavy atom. The highest BCUT2D eigenvalue weighted by atomic mass is 35.5. The third kappa shape index (κ3) is 3.06. The lowest BCUT2D eigenvalue weighted by molar-refractivity contribution is -0.134. The summed E-state index contributed by atoms with van der Waals surface area (Å²) in [5.74, 6) is -0.105. The summed E-state index contributed by atoms with van der Waals surface area (Å²) in [4.78, 5) is 38.2. The Bertz CT molecular complexity index is 908. The molecule has 2 N–H and O–H groups in total. The molecule has 8 heteroatoms. The number of urea groups is 1. The van der Waals surface area contributed by atoms with Gasteiger partial charge in [0.25, 0.3) is 5.91 Å². The SMILES string of the molecule is Cc1ccc(C2(C)NC(=O)N(CC(=O)Nc3cccc(Cl)c3C)C2=O)o1. The Kier molecular flexibility index (Phi) is 4.50. The van der Waals surface area contributed by atoms with Gasteiger partial charge in [-0.3, -0.25) is 14.5 Å². The standard InChI is InChI=1S/C18H18ClN3O4/c1-10-7-8-14(26-10)18(3)16(24)22(17(25)21-18)9-15(23)20-13-6-4-5-12(19)11(13)2/h4-8H,9H2,1-3H3,(H,20,23)(H,21,25). The van der Waals surface area contributed by atoms with Gasteiger partial charge < -0.3 is 15.1 Å². The minimum Gasteiger partial charge on any atom is -0.463 e. The summed E-state index contributed by atoms with van der Waals surface area (Å²) < 4.78 is 5.49. The number of imide groups is 1. The topological polar surface area (TPSA) is 91.7 Å². The van der Waals surface area contributed by atoms with E-state index in [0.717, 1.165) is 4.90 Å². The zero-order valence-electron chi connectivity index (χ0n) is 14.6. The van der Waals surface area contributed by atoms with E-state index in [9.17, 15) is 14.4 Å². The van der Waals surface area contributed by atoms with Crippen molar-refractivity contribution in [2.75, 3.05) is 11.9 Å². The molecule has 2 aromatic rings. The number of rotatable bonds is 4. The predicted molar refractivity (Wildman–Crippen MR) is 95.9 cm³/mol. The first-order valence-corrected chi connectivity index (χ1v) is 8.36. The molecule has 26 heavy (non-hydrogen) atoms. The summed E-state index contributed by atoms with van der Waals surface area (Å²) in [6.07, 6.45) is 0. The molecule has 1 unspecified atom stereocenters. The maximum Gasteiger partial charge on any atom is 0.325 e. The van der Waals surface area contributed by atoms with E-state index in [1.165, 1.54) is 0 Å². The molecule has 0 saturated carbocycles. The summed E-state index contributed by atoms with van der Waals surface area (Å²) in [6, 6.07) is 7.80. The minimum absolute atomic E-state index is 0.321. The Hall–Kier alpha value is -2.80. The van der Waals surface area contributed by atoms with Crippen LogP contribution in [0.2, 0.25) is 5.02 Å². The number of hydrogen-bond acceptors (Lipinski definition) is 4. The highest BCUT2D eigenvalue weighted by Gasteiger charge is 2.51. The van der Waals surface area contributed by atoms with E-state index in [1.54, 1.807) is 51.1 Å². The number of benzene rings is 1. The van der Waals surface area contributed by atoms with Gasteiger partial charge in [-0.1, -0.05) is 17.7 Å². The Morgan fingerprint density at radius 3 is 2.65 bits per heavy atom. The number of aryl methyl sites for hydroxylation is 1. The van der Waals surface area contributed by atoms with E-state index in [0.29, 0.717) is 27.8 Å². The molecule has 1 fully saturated rings. The first kappa shape index (κ1) is 18.0. The van der Waals surface area contributed by atoms with Crippen LogP contribution in [0.15, 0.2) is 34.7 Å². The molecule has 3 rings (SSSR count). The fraction of sp³-hybridized carbons (Fsp3) is 0.278. The predicted octanol–water partition coefficient (Wildman–Crippen LogP) is 2.96. The molecule has 7 nitrogen and oxygen atoms in total. The molecule has 0 radical (unpaired) electrons. The van der Waals surface area contributed by atoms with E-state index in [1.807, 2.05) is 0 Å². The lowest BCUT2D eigenvalue weighted by Crippen LogP contribution is -2.41. The van der Waals surface area contributed by atoms with Crippen LogP contribution in [0.3, 0.4) is 0 Å². The fourth-order valence-corrected chi connectivity index (χ4v) is 2.96. The summed E-state index contributed by atoms with van der Waals surface area (Å²) >= 11 is 6.03. The number of furan rings is 1. The van der Waals surface area contributed by atoms with Crippen LogP contribution >= 0.6 is 11.6 Å². The Balaban J connectivity index is 1.75. The second-order valence-electron chi connectivity index (χ2n) is 6.32. The van der Waals surface area contributed by atoms with Gasteiger partial charge in [-0.2, -0.15) is 0 Å². The van der Waals surface area contributed by atoms with Gasteiger partial charge in [-0.25, -0.2) is 4.79 Å². The van der Waals surface area contributed by atoms with Crippen molar-refractivity contribution in [3.05, 3.63) is 52.4 Å². The van der Waals surface area contributed by atoms with Gasteiger partial charge in [0, 0.05) is 10.7 Å². The first-order chi connectivity index (χ1) is 12.2. The van der Waals surface area contributed by atoms with E-state index in [2.05, 4.69) is 10.6 Å². The molecule has 1 atom stereocenters. The first-order valence-electron chi connectivity index (χ1n) is 7.98. The molecule has 0 bridgehead atoms. The molecule has 1 saturated heterocycles. The molecule has 1 aliphatic heterocycles. The minimum atomic E-state index is -1.34. The van der Waals surface area contributed by atoms with Gasteiger partial charge in [0.15, 0.2) is 5.54 Å². The van der Waals surface area contributed by atoms with Crippen LogP contribution in [0, 0.1) is 13.8 Å². The number of carbonyl (C=O) groups is 3. The van der Waals surface area contributed by atoms with Gasteiger partial charge in [-0.15, -0.1) is 0 Å². The lowest BCUT2D eigenvalue weighted by Gasteiger charge is -2.19. The molecular weight excluding hydrogens is 358 g/mol. The van der Waals surface area contributed by atoms with Crippen molar-refractivity contribution in [1.29, 1.82) is 0 Å². The van der Waals surface area contributed by atoms with Crippen LogP contribution in [0.5, 0.6) is 0 Å². The van der Waals surface area contributed by atoms with Gasteiger partial charge in [0.2, 0.25) is 5.91 Å². The van der Waals surface area contributed by atoms with Crippen LogP contribution in [0.25, 0.3) is 0 Å². The molecule has 0 aliphatic carbocycles. The number of nitrogens with one attached hydrogen (secondary N) is 2. The average Bonchev–Trinajstić information content (AvgIpc) is 3.10. The van der Waals surface area contributed by atoms with Crippen molar-refractivity contribution in [2.24, 2.45) is 0 Å². The molecule has 1 aromatic carbocycles. The van der Waals surface area contributed by atoms with Crippen LogP contribution in [0.1, 0.15) is 24.0 Å². The van der Waals surface area contributed by atoms with Gasteiger partial charge in [0.05, 0.1) is 0 Å². The van der Waals surface area contributed by atoms with Crippen molar-refractivity contribution < 1.29 is 18.8 Å². The number of anilines is 1. The average molecular weight is 376 g/mol. The van der Waals surface area contributed by atoms with Gasteiger partial charge in [0.1, 0.15) is 18.1 Å². The van der Waals surface area contributed by atoms with Crippen molar-refractivity contribution >= 4 is 35.1 Å². The number of carbonyl (C=O) groups excluding carboxylic acids is 3. The highest BCUT2D eigenvalue weighted by molar-refractivity contribution is 6.31. The number of nitrogens with zero attached hydrogens (tertiary/aromatic N) is 1. The molecule has 1 aliphatic rings. The largest absolute Gasteiger partial charge is 0.463 e. The lowest BCUT2D eigenvalue weighted by atomic mass is 9.99. The quantitative estimate of drug-likeness (QED) is 0.803.